The molecule has 1 aromatic carbocycles. The van der Waals surface area contributed by atoms with Crippen molar-refractivity contribution < 1.29 is 17.9 Å². The van der Waals surface area contributed by atoms with Gasteiger partial charge in [-0.2, -0.15) is 13.2 Å². The van der Waals surface area contributed by atoms with E-state index in [0.29, 0.717) is 0 Å². The van der Waals surface area contributed by atoms with Crippen LogP contribution in [-0.4, -0.2) is 12.8 Å². The van der Waals surface area contributed by atoms with E-state index in [1.165, 1.54) is 0 Å². The molecule has 0 atom stereocenters. The standard InChI is InChI=1S/C11H13F3O/c1-3-9-4-8(2)5-10(6-9)15-7-11(12,13)14/h4-6H,3,7H2,1-2H3. The average Bonchev–Trinajstić information content (AvgIpc) is 2.13. The van der Waals surface area contributed by atoms with E-state index in [1.54, 1.807) is 12.1 Å². The number of aryl methyl sites for hydroxylation is 2. The van der Waals surface area contributed by atoms with Crippen molar-refractivity contribution in [3.05, 3.63) is 29.3 Å². The number of hydrogen-bond acceptors (Lipinski definition) is 1. The summed E-state index contributed by atoms with van der Waals surface area (Å²) in [6.45, 7) is 2.54. The first-order valence-electron chi connectivity index (χ1n) is 4.71. The number of halogens is 3. The second kappa shape index (κ2) is 4.55. The summed E-state index contributed by atoms with van der Waals surface area (Å²) >= 11 is 0. The predicted octanol–water partition coefficient (Wildman–Crippen LogP) is 3.50. The lowest BCUT2D eigenvalue weighted by atomic mass is 10.1. The van der Waals surface area contributed by atoms with Gasteiger partial charge >= 0.3 is 6.18 Å². The topological polar surface area (TPSA) is 9.23 Å². The molecule has 84 valence electrons. The van der Waals surface area contributed by atoms with Gasteiger partial charge in [-0.25, -0.2) is 0 Å². The first-order valence-corrected chi connectivity index (χ1v) is 4.71. The molecule has 0 saturated carbocycles. The fourth-order valence-electron chi connectivity index (χ4n) is 1.28. The number of rotatable bonds is 3. The van der Waals surface area contributed by atoms with Crippen LogP contribution in [0.1, 0.15) is 18.1 Å². The Morgan fingerprint density at radius 3 is 2.40 bits per heavy atom. The molecule has 0 aliphatic carbocycles. The van der Waals surface area contributed by atoms with Crippen LogP contribution < -0.4 is 4.74 Å². The van der Waals surface area contributed by atoms with Crippen LogP contribution in [0.25, 0.3) is 0 Å². The maximum atomic E-state index is 11.9. The Hall–Kier alpha value is -1.19. The quantitative estimate of drug-likeness (QED) is 0.754. The molecule has 0 amide bonds. The molecule has 1 aromatic rings. The van der Waals surface area contributed by atoms with Crippen LogP contribution in [0.3, 0.4) is 0 Å². The highest BCUT2D eigenvalue weighted by atomic mass is 19.4. The second-order valence-corrected chi connectivity index (χ2v) is 3.41. The van der Waals surface area contributed by atoms with Crippen molar-refractivity contribution in [1.82, 2.24) is 0 Å². The SMILES string of the molecule is CCc1cc(C)cc(OCC(F)(F)F)c1. The van der Waals surface area contributed by atoms with Crippen molar-refractivity contribution in [2.75, 3.05) is 6.61 Å². The summed E-state index contributed by atoms with van der Waals surface area (Å²) in [6.07, 6.45) is -3.50. The van der Waals surface area contributed by atoms with Crippen molar-refractivity contribution in [3.63, 3.8) is 0 Å². The van der Waals surface area contributed by atoms with Gasteiger partial charge in [0, 0.05) is 0 Å². The van der Waals surface area contributed by atoms with Crippen LogP contribution in [0.2, 0.25) is 0 Å². The lowest BCUT2D eigenvalue weighted by Crippen LogP contribution is -2.19. The van der Waals surface area contributed by atoms with Crippen LogP contribution in [0.5, 0.6) is 5.75 Å². The monoisotopic (exact) mass is 218 g/mol. The lowest BCUT2D eigenvalue weighted by Gasteiger charge is -2.10. The zero-order valence-electron chi connectivity index (χ0n) is 8.69. The van der Waals surface area contributed by atoms with E-state index in [4.69, 9.17) is 0 Å². The van der Waals surface area contributed by atoms with E-state index in [9.17, 15) is 13.2 Å². The molecule has 4 heteroatoms. The van der Waals surface area contributed by atoms with Gasteiger partial charge in [-0.3, -0.25) is 0 Å². The Bertz CT molecular complexity index is 331. The zero-order valence-corrected chi connectivity index (χ0v) is 8.69. The van der Waals surface area contributed by atoms with Crippen molar-refractivity contribution in [3.8, 4) is 5.75 Å². The van der Waals surface area contributed by atoms with Gasteiger partial charge in [0.2, 0.25) is 0 Å². The predicted molar refractivity (Wildman–Crippen MR) is 52.1 cm³/mol. The van der Waals surface area contributed by atoms with Gasteiger partial charge in [0.1, 0.15) is 5.75 Å². The van der Waals surface area contributed by atoms with Crippen LogP contribution in [0, 0.1) is 6.92 Å². The molecule has 0 radical (unpaired) electrons. The van der Waals surface area contributed by atoms with E-state index in [2.05, 4.69) is 4.74 Å². The van der Waals surface area contributed by atoms with Crippen molar-refractivity contribution in [2.24, 2.45) is 0 Å². The van der Waals surface area contributed by atoms with E-state index >= 15 is 0 Å². The highest BCUT2D eigenvalue weighted by molar-refractivity contribution is 5.33. The van der Waals surface area contributed by atoms with Crippen LogP contribution >= 0.6 is 0 Å². The zero-order chi connectivity index (χ0) is 11.5. The highest BCUT2D eigenvalue weighted by Gasteiger charge is 2.28. The third-order valence-electron chi connectivity index (χ3n) is 1.92. The van der Waals surface area contributed by atoms with Crippen molar-refractivity contribution in [1.29, 1.82) is 0 Å². The molecule has 0 aliphatic heterocycles. The Morgan fingerprint density at radius 2 is 1.87 bits per heavy atom. The van der Waals surface area contributed by atoms with Crippen molar-refractivity contribution >= 4 is 0 Å². The largest absolute Gasteiger partial charge is 0.484 e. The summed E-state index contributed by atoms with van der Waals surface area (Å²) in [6, 6.07) is 5.17. The van der Waals surface area contributed by atoms with Gasteiger partial charge in [-0.15, -0.1) is 0 Å². The Kier molecular flexibility index (Phi) is 3.61. The summed E-state index contributed by atoms with van der Waals surface area (Å²) in [5.74, 6) is 0.282. The lowest BCUT2D eigenvalue weighted by molar-refractivity contribution is -0.153. The molecule has 0 aromatic heterocycles. The molecular formula is C11H13F3O. The minimum Gasteiger partial charge on any atom is -0.484 e. The molecule has 0 fully saturated rings. The van der Waals surface area contributed by atoms with Gasteiger partial charge in [0.05, 0.1) is 0 Å². The average molecular weight is 218 g/mol. The van der Waals surface area contributed by atoms with Gasteiger partial charge in [-0.05, 0) is 36.6 Å². The number of benzene rings is 1. The van der Waals surface area contributed by atoms with Gasteiger partial charge < -0.3 is 4.74 Å². The van der Waals surface area contributed by atoms with Crippen LogP contribution in [0.4, 0.5) is 13.2 Å². The maximum absolute atomic E-state index is 11.9. The summed E-state index contributed by atoms with van der Waals surface area (Å²) in [7, 11) is 0. The molecule has 0 spiro atoms. The first-order chi connectivity index (χ1) is 6.90. The smallest absolute Gasteiger partial charge is 0.422 e. The Balaban J connectivity index is 2.73. The summed E-state index contributed by atoms with van der Waals surface area (Å²) in [5.41, 5.74) is 1.89. The fourth-order valence-corrected chi connectivity index (χ4v) is 1.28. The van der Waals surface area contributed by atoms with Gasteiger partial charge in [0.15, 0.2) is 6.61 Å². The van der Waals surface area contributed by atoms with Crippen molar-refractivity contribution in [2.45, 2.75) is 26.4 Å². The maximum Gasteiger partial charge on any atom is 0.422 e. The van der Waals surface area contributed by atoms with Crippen LogP contribution in [-0.2, 0) is 6.42 Å². The van der Waals surface area contributed by atoms with Gasteiger partial charge in [-0.1, -0.05) is 13.0 Å². The molecule has 0 bridgehead atoms. The molecule has 0 saturated heterocycles. The van der Waals surface area contributed by atoms with E-state index in [0.717, 1.165) is 17.5 Å². The number of ether oxygens (including phenoxy) is 1. The molecular weight excluding hydrogens is 205 g/mol. The third kappa shape index (κ3) is 4.23. The molecule has 1 nitrogen and oxygen atoms in total. The summed E-state index contributed by atoms with van der Waals surface area (Å²) < 4.78 is 40.4. The molecule has 0 N–H and O–H groups in total. The van der Waals surface area contributed by atoms with E-state index in [-0.39, 0.29) is 5.75 Å². The molecule has 1 rings (SSSR count). The first kappa shape index (κ1) is 11.9. The molecule has 15 heavy (non-hydrogen) atoms. The minimum absolute atomic E-state index is 0.282. The number of alkyl halides is 3. The second-order valence-electron chi connectivity index (χ2n) is 3.41. The Morgan fingerprint density at radius 1 is 1.20 bits per heavy atom. The van der Waals surface area contributed by atoms with E-state index < -0.39 is 12.8 Å². The highest BCUT2D eigenvalue weighted by Crippen LogP contribution is 2.21. The Labute approximate surface area is 86.9 Å². The summed E-state index contributed by atoms with van der Waals surface area (Å²) in [4.78, 5) is 0. The molecule has 0 heterocycles. The minimum atomic E-state index is -4.28. The number of hydrogen-bond donors (Lipinski definition) is 0. The fraction of sp³-hybridized carbons (Fsp3) is 0.455. The van der Waals surface area contributed by atoms with Gasteiger partial charge in [0.25, 0.3) is 0 Å². The normalized spacial score (nSPS) is 11.5. The van der Waals surface area contributed by atoms with Crippen LogP contribution in [0.15, 0.2) is 18.2 Å². The molecule has 0 aliphatic rings. The summed E-state index contributed by atoms with van der Waals surface area (Å²) in [5, 5.41) is 0. The third-order valence-corrected chi connectivity index (χ3v) is 1.92. The molecule has 0 unspecified atom stereocenters. The van der Waals surface area contributed by atoms with E-state index in [1.807, 2.05) is 19.9 Å².